The number of ether oxygens (including phenoxy) is 1. The van der Waals surface area contributed by atoms with Gasteiger partial charge in [-0.05, 0) is 0 Å². The Kier molecular flexibility index (Phi) is 1.70. The van der Waals surface area contributed by atoms with Crippen LogP contribution in [-0.4, -0.2) is 18.2 Å². The Morgan fingerprint density at radius 3 is 2.27 bits per heavy atom. The first-order valence-electron chi connectivity index (χ1n) is 3.36. The van der Waals surface area contributed by atoms with Gasteiger partial charge in [0.25, 0.3) is 0 Å². The van der Waals surface area contributed by atoms with Crippen LogP contribution in [0.2, 0.25) is 0 Å². The summed E-state index contributed by atoms with van der Waals surface area (Å²) in [5.41, 5.74) is -0.417. The number of rotatable bonds is 0. The lowest BCUT2D eigenvalue weighted by Crippen LogP contribution is -2.31. The standard InChI is InChI=1S/C7H10FNO2/c1-7(2,3)4-5(8)9-6(10)11-4/h4H,1-3H3. The third-order valence-electron chi connectivity index (χ3n) is 1.42. The highest BCUT2D eigenvalue weighted by Gasteiger charge is 2.38. The van der Waals surface area contributed by atoms with Crippen molar-refractivity contribution < 1.29 is 13.9 Å². The summed E-state index contributed by atoms with van der Waals surface area (Å²) in [7, 11) is 0. The molecule has 62 valence electrons. The van der Waals surface area contributed by atoms with Crippen molar-refractivity contribution in [3.8, 4) is 0 Å². The van der Waals surface area contributed by atoms with Crippen LogP contribution in [0.3, 0.4) is 0 Å². The van der Waals surface area contributed by atoms with E-state index in [4.69, 9.17) is 0 Å². The Bertz CT molecular complexity index is 217. The third-order valence-corrected chi connectivity index (χ3v) is 1.42. The summed E-state index contributed by atoms with van der Waals surface area (Å²) in [6.07, 6.45) is -1.64. The largest absolute Gasteiger partial charge is 0.436 e. The summed E-state index contributed by atoms with van der Waals surface area (Å²) in [6, 6.07) is 0. The van der Waals surface area contributed by atoms with Crippen molar-refractivity contribution in [2.75, 3.05) is 0 Å². The predicted octanol–water partition coefficient (Wildman–Crippen LogP) is 1.92. The number of aliphatic imine (C=N–C) groups is 1. The lowest BCUT2D eigenvalue weighted by molar-refractivity contribution is 0.0878. The molecule has 1 heterocycles. The monoisotopic (exact) mass is 159 g/mol. The summed E-state index contributed by atoms with van der Waals surface area (Å²) >= 11 is 0. The van der Waals surface area contributed by atoms with Gasteiger partial charge in [0, 0.05) is 5.41 Å². The summed E-state index contributed by atoms with van der Waals surface area (Å²) < 4.78 is 17.4. The highest BCUT2D eigenvalue weighted by Crippen LogP contribution is 2.27. The predicted molar refractivity (Wildman–Crippen MR) is 38.3 cm³/mol. The van der Waals surface area contributed by atoms with Crippen LogP contribution < -0.4 is 0 Å². The Hall–Kier alpha value is -0.930. The van der Waals surface area contributed by atoms with Crippen LogP contribution in [0.25, 0.3) is 0 Å². The molecule has 3 nitrogen and oxygen atoms in total. The van der Waals surface area contributed by atoms with E-state index in [9.17, 15) is 9.18 Å². The van der Waals surface area contributed by atoms with Crippen molar-refractivity contribution in [2.24, 2.45) is 10.4 Å². The molecule has 1 aliphatic heterocycles. The van der Waals surface area contributed by atoms with Crippen molar-refractivity contribution in [1.82, 2.24) is 0 Å². The van der Waals surface area contributed by atoms with Crippen molar-refractivity contribution >= 4 is 12.1 Å². The van der Waals surface area contributed by atoms with Crippen LogP contribution in [-0.2, 0) is 4.74 Å². The number of carbonyl (C=O) groups excluding carboxylic acids is 1. The van der Waals surface area contributed by atoms with Gasteiger partial charge in [-0.3, -0.25) is 0 Å². The van der Waals surface area contributed by atoms with Crippen molar-refractivity contribution in [1.29, 1.82) is 0 Å². The Balaban J connectivity index is 2.80. The number of cyclic esters (lactones) is 1. The molecule has 4 heteroatoms. The minimum atomic E-state index is -0.831. The molecule has 0 radical (unpaired) electrons. The van der Waals surface area contributed by atoms with Crippen LogP contribution in [0.1, 0.15) is 20.8 Å². The SMILES string of the molecule is CC(C)(C)C1OC(=O)N=C1F. The summed E-state index contributed by atoms with van der Waals surface area (Å²) in [5.74, 6) is -0.720. The van der Waals surface area contributed by atoms with Gasteiger partial charge in [-0.15, -0.1) is 4.99 Å². The minimum Gasteiger partial charge on any atom is -0.435 e. The highest BCUT2D eigenvalue weighted by molar-refractivity contribution is 5.96. The van der Waals surface area contributed by atoms with E-state index in [1.54, 1.807) is 20.8 Å². The van der Waals surface area contributed by atoms with Crippen LogP contribution in [0, 0.1) is 5.41 Å². The second kappa shape index (κ2) is 2.29. The number of hydrogen-bond donors (Lipinski definition) is 0. The molecule has 1 atom stereocenters. The molecule has 1 aliphatic rings. The zero-order valence-electron chi connectivity index (χ0n) is 6.72. The Labute approximate surface area is 64.3 Å². The molecule has 1 unspecified atom stereocenters. The molecule has 0 saturated heterocycles. The first kappa shape index (κ1) is 8.17. The zero-order chi connectivity index (χ0) is 8.65. The second-order valence-corrected chi connectivity index (χ2v) is 3.56. The fraction of sp³-hybridized carbons (Fsp3) is 0.714. The van der Waals surface area contributed by atoms with Gasteiger partial charge < -0.3 is 4.74 Å². The maximum Gasteiger partial charge on any atom is 0.436 e. The van der Waals surface area contributed by atoms with Gasteiger partial charge in [-0.1, -0.05) is 20.8 Å². The number of nitrogens with zero attached hydrogens (tertiary/aromatic N) is 1. The average molecular weight is 159 g/mol. The number of hydrogen-bond acceptors (Lipinski definition) is 2. The van der Waals surface area contributed by atoms with E-state index in [1.807, 2.05) is 0 Å². The maximum atomic E-state index is 12.7. The van der Waals surface area contributed by atoms with Crippen LogP contribution in [0.4, 0.5) is 9.18 Å². The third kappa shape index (κ3) is 1.56. The Morgan fingerprint density at radius 1 is 1.55 bits per heavy atom. The van der Waals surface area contributed by atoms with Gasteiger partial charge in [0.15, 0.2) is 6.10 Å². The summed E-state index contributed by atoms with van der Waals surface area (Å²) in [5, 5.41) is 0. The molecule has 0 aliphatic carbocycles. The topological polar surface area (TPSA) is 38.7 Å². The normalized spacial score (nSPS) is 24.9. The lowest BCUT2D eigenvalue weighted by atomic mass is 9.89. The molecule has 0 aromatic carbocycles. The highest BCUT2D eigenvalue weighted by atomic mass is 19.1. The molecule has 0 aromatic heterocycles. The first-order chi connectivity index (χ1) is 4.91. The van der Waals surface area contributed by atoms with Gasteiger partial charge >= 0.3 is 6.09 Å². The van der Waals surface area contributed by atoms with E-state index < -0.39 is 23.6 Å². The average Bonchev–Trinajstić information content (AvgIpc) is 2.08. The quantitative estimate of drug-likeness (QED) is 0.541. The second-order valence-electron chi connectivity index (χ2n) is 3.56. The molecule has 1 rings (SSSR count). The lowest BCUT2D eigenvalue weighted by Gasteiger charge is -2.23. The van der Waals surface area contributed by atoms with Crippen LogP contribution >= 0.6 is 0 Å². The summed E-state index contributed by atoms with van der Waals surface area (Å²) in [4.78, 5) is 13.5. The van der Waals surface area contributed by atoms with E-state index in [2.05, 4.69) is 9.73 Å². The summed E-state index contributed by atoms with van der Waals surface area (Å²) in [6.45, 7) is 5.35. The van der Waals surface area contributed by atoms with E-state index in [-0.39, 0.29) is 0 Å². The van der Waals surface area contributed by atoms with Crippen molar-refractivity contribution in [3.63, 3.8) is 0 Å². The first-order valence-corrected chi connectivity index (χ1v) is 3.36. The Morgan fingerprint density at radius 2 is 2.09 bits per heavy atom. The minimum absolute atomic E-state index is 0.417. The van der Waals surface area contributed by atoms with E-state index in [0.717, 1.165) is 0 Å². The molecule has 0 saturated carbocycles. The van der Waals surface area contributed by atoms with Gasteiger partial charge in [0.2, 0.25) is 5.97 Å². The molecular formula is C7H10FNO2. The van der Waals surface area contributed by atoms with Crippen molar-refractivity contribution in [2.45, 2.75) is 26.9 Å². The zero-order valence-corrected chi connectivity index (χ0v) is 6.72. The molecule has 0 spiro atoms. The van der Waals surface area contributed by atoms with Crippen LogP contribution in [0.15, 0.2) is 4.99 Å². The fourth-order valence-electron chi connectivity index (χ4n) is 0.856. The van der Waals surface area contributed by atoms with E-state index >= 15 is 0 Å². The maximum absolute atomic E-state index is 12.7. The molecule has 1 amide bonds. The fourth-order valence-corrected chi connectivity index (χ4v) is 0.856. The van der Waals surface area contributed by atoms with Gasteiger partial charge in [0.05, 0.1) is 0 Å². The van der Waals surface area contributed by atoms with Crippen molar-refractivity contribution in [3.05, 3.63) is 0 Å². The van der Waals surface area contributed by atoms with Gasteiger partial charge in [0.1, 0.15) is 0 Å². The van der Waals surface area contributed by atoms with Crippen LogP contribution in [0.5, 0.6) is 0 Å². The number of carbonyl (C=O) groups is 1. The molecule has 0 N–H and O–H groups in total. The van der Waals surface area contributed by atoms with Gasteiger partial charge in [-0.25, -0.2) is 4.79 Å². The smallest absolute Gasteiger partial charge is 0.435 e. The number of amides is 1. The molecule has 0 bridgehead atoms. The molecule has 0 fully saturated rings. The molecule has 11 heavy (non-hydrogen) atoms. The van der Waals surface area contributed by atoms with E-state index in [0.29, 0.717) is 0 Å². The molecule has 0 aromatic rings. The molecular weight excluding hydrogens is 149 g/mol. The van der Waals surface area contributed by atoms with Gasteiger partial charge in [-0.2, -0.15) is 4.39 Å². The van der Waals surface area contributed by atoms with E-state index in [1.165, 1.54) is 0 Å². The number of halogens is 1.